The molecule has 2 heterocycles. The lowest BCUT2D eigenvalue weighted by atomic mass is 10.2. The summed E-state index contributed by atoms with van der Waals surface area (Å²) in [7, 11) is 1.63. The van der Waals surface area contributed by atoms with E-state index in [4.69, 9.17) is 9.15 Å². The fourth-order valence-electron chi connectivity index (χ4n) is 2.25. The van der Waals surface area contributed by atoms with Crippen molar-refractivity contribution in [2.75, 3.05) is 25.6 Å². The van der Waals surface area contributed by atoms with Crippen LogP contribution in [0.1, 0.15) is 5.89 Å². The molecule has 2 amide bonds. The molecule has 136 valence electrons. The molecule has 0 fully saturated rings. The first-order chi connectivity index (χ1) is 12.7. The first-order valence-corrected chi connectivity index (χ1v) is 8.18. The number of carbonyl (C=O) groups is 1. The lowest BCUT2D eigenvalue weighted by molar-refractivity contribution is 0.183. The molecule has 0 radical (unpaired) electrons. The maximum Gasteiger partial charge on any atom is 0.319 e. The summed E-state index contributed by atoms with van der Waals surface area (Å²) in [5.41, 5.74) is 1.48. The van der Waals surface area contributed by atoms with Crippen molar-refractivity contribution in [1.29, 1.82) is 0 Å². The molecule has 9 nitrogen and oxygen atoms in total. The second kappa shape index (κ2) is 8.77. The summed E-state index contributed by atoms with van der Waals surface area (Å²) < 4.78 is 12.3. The lowest BCUT2D eigenvalue weighted by Gasteiger charge is -2.04. The molecule has 0 saturated heterocycles. The Hall–Kier alpha value is -3.20. The standard InChI is InChI=1S/C17H20N6O3/c1-25-10-9-23-12-14(11-19-23)20-17(24)18-8-7-15-21-22-16(26-15)13-5-3-2-4-6-13/h2-6,11-12H,7-10H2,1H3,(H2,18,20,24). The summed E-state index contributed by atoms with van der Waals surface area (Å²) in [4.78, 5) is 11.9. The number of methoxy groups -OCH3 is 1. The molecule has 2 aromatic heterocycles. The third-order valence-electron chi connectivity index (χ3n) is 3.53. The Morgan fingerprint density at radius 2 is 2.12 bits per heavy atom. The summed E-state index contributed by atoms with van der Waals surface area (Å²) in [5.74, 6) is 0.935. The number of aromatic nitrogens is 4. The summed E-state index contributed by atoms with van der Waals surface area (Å²) in [5, 5.41) is 17.6. The van der Waals surface area contributed by atoms with E-state index in [1.54, 1.807) is 24.2 Å². The summed E-state index contributed by atoms with van der Waals surface area (Å²) in [6.45, 7) is 1.56. The van der Waals surface area contributed by atoms with Gasteiger partial charge in [-0.25, -0.2) is 4.79 Å². The highest BCUT2D eigenvalue weighted by Gasteiger charge is 2.09. The van der Waals surface area contributed by atoms with E-state index in [2.05, 4.69) is 25.9 Å². The number of urea groups is 1. The zero-order valence-electron chi connectivity index (χ0n) is 14.4. The van der Waals surface area contributed by atoms with Gasteiger partial charge in [-0.2, -0.15) is 5.10 Å². The third-order valence-corrected chi connectivity index (χ3v) is 3.53. The molecule has 0 unspecified atom stereocenters. The minimum atomic E-state index is -0.320. The highest BCUT2D eigenvalue weighted by Crippen LogP contribution is 2.16. The van der Waals surface area contributed by atoms with Gasteiger partial charge in [-0.15, -0.1) is 10.2 Å². The summed E-state index contributed by atoms with van der Waals surface area (Å²) in [6, 6.07) is 9.21. The molecule has 0 aliphatic carbocycles. The van der Waals surface area contributed by atoms with Crippen molar-refractivity contribution in [3.8, 4) is 11.5 Å². The van der Waals surface area contributed by atoms with E-state index in [-0.39, 0.29) is 6.03 Å². The largest absolute Gasteiger partial charge is 0.421 e. The molecular weight excluding hydrogens is 336 g/mol. The quantitative estimate of drug-likeness (QED) is 0.639. The van der Waals surface area contributed by atoms with Gasteiger partial charge < -0.3 is 19.8 Å². The Morgan fingerprint density at radius 3 is 2.92 bits per heavy atom. The van der Waals surface area contributed by atoms with Crippen LogP contribution in [0.25, 0.3) is 11.5 Å². The molecule has 3 aromatic rings. The molecule has 0 aliphatic heterocycles. The number of benzene rings is 1. The van der Waals surface area contributed by atoms with E-state index in [0.717, 1.165) is 5.56 Å². The number of amides is 2. The Morgan fingerprint density at radius 1 is 1.27 bits per heavy atom. The van der Waals surface area contributed by atoms with Gasteiger partial charge in [0.1, 0.15) is 0 Å². The molecule has 0 bridgehead atoms. The Labute approximate surface area is 150 Å². The maximum atomic E-state index is 11.9. The maximum absolute atomic E-state index is 11.9. The first-order valence-electron chi connectivity index (χ1n) is 8.18. The number of nitrogens with one attached hydrogen (secondary N) is 2. The number of anilines is 1. The van der Waals surface area contributed by atoms with Crippen molar-refractivity contribution in [1.82, 2.24) is 25.3 Å². The average molecular weight is 356 g/mol. The van der Waals surface area contributed by atoms with Crippen LogP contribution in [0.15, 0.2) is 47.1 Å². The van der Waals surface area contributed by atoms with Crippen molar-refractivity contribution >= 4 is 11.7 Å². The fourth-order valence-corrected chi connectivity index (χ4v) is 2.25. The number of hydrogen-bond acceptors (Lipinski definition) is 6. The number of carbonyl (C=O) groups excluding carboxylic acids is 1. The van der Waals surface area contributed by atoms with Crippen LogP contribution in [-0.2, 0) is 17.7 Å². The average Bonchev–Trinajstić information content (AvgIpc) is 3.30. The van der Waals surface area contributed by atoms with Crippen LogP contribution >= 0.6 is 0 Å². The van der Waals surface area contributed by atoms with Crippen LogP contribution in [0, 0.1) is 0 Å². The fraction of sp³-hybridized carbons (Fsp3) is 0.294. The van der Waals surface area contributed by atoms with E-state index >= 15 is 0 Å². The predicted molar refractivity (Wildman–Crippen MR) is 94.6 cm³/mol. The third kappa shape index (κ3) is 4.90. The van der Waals surface area contributed by atoms with Crippen molar-refractivity contribution < 1.29 is 13.9 Å². The van der Waals surface area contributed by atoms with E-state index < -0.39 is 0 Å². The summed E-state index contributed by atoms with van der Waals surface area (Å²) >= 11 is 0. The molecule has 0 aliphatic rings. The molecule has 9 heteroatoms. The molecule has 0 spiro atoms. The lowest BCUT2D eigenvalue weighted by Crippen LogP contribution is -2.30. The zero-order chi connectivity index (χ0) is 18.2. The normalized spacial score (nSPS) is 10.7. The molecule has 1 aromatic carbocycles. The Balaban J connectivity index is 1.42. The molecule has 0 atom stereocenters. The van der Waals surface area contributed by atoms with Gasteiger partial charge in [-0.1, -0.05) is 18.2 Å². The number of nitrogens with zero attached hydrogens (tertiary/aromatic N) is 4. The number of ether oxygens (including phenoxy) is 1. The van der Waals surface area contributed by atoms with Crippen LogP contribution in [0.3, 0.4) is 0 Å². The van der Waals surface area contributed by atoms with Gasteiger partial charge in [0.05, 0.1) is 25.0 Å². The van der Waals surface area contributed by atoms with Gasteiger partial charge >= 0.3 is 6.03 Å². The van der Waals surface area contributed by atoms with Crippen LogP contribution in [0.2, 0.25) is 0 Å². The van der Waals surface area contributed by atoms with Crippen LogP contribution < -0.4 is 10.6 Å². The van der Waals surface area contributed by atoms with Crippen LogP contribution in [0.5, 0.6) is 0 Å². The number of hydrogen-bond donors (Lipinski definition) is 2. The SMILES string of the molecule is COCCn1cc(NC(=O)NCCc2nnc(-c3ccccc3)o2)cn1. The Kier molecular flexibility index (Phi) is 5.94. The topological polar surface area (TPSA) is 107 Å². The Bertz CT molecular complexity index is 830. The number of rotatable bonds is 8. The first kappa shape index (κ1) is 17.6. The minimum Gasteiger partial charge on any atom is -0.421 e. The van der Waals surface area contributed by atoms with Gasteiger partial charge in [0.15, 0.2) is 0 Å². The molecule has 3 rings (SSSR count). The molecular formula is C17H20N6O3. The second-order valence-electron chi connectivity index (χ2n) is 5.48. The van der Waals surface area contributed by atoms with E-state index in [0.29, 0.717) is 43.6 Å². The van der Waals surface area contributed by atoms with E-state index in [9.17, 15) is 4.79 Å². The van der Waals surface area contributed by atoms with Crippen molar-refractivity contribution in [2.24, 2.45) is 0 Å². The monoisotopic (exact) mass is 356 g/mol. The van der Waals surface area contributed by atoms with Gasteiger partial charge in [-0.3, -0.25) is 4.68 Å². The van der Waals surface area contributed by atoms with Crippen LogP contribution in [0.4, 0.5) is 10.5 Å². The van der Waals surface area contributed by atoms with Gasteiger partial charge in [0, 0.05) is 31.8 Å². The van der Waals surface area contributed by atoms with Crippen molar-refractivity contribution in [2.45, 2.75) is 13.0 Å². The highest BCUT2D eigenvalue weighted by atomic mass is 16.5. The van der Waals surface area contributed by atoms with Crippen molar-refractivity contribution in [3.05, 3.63) is 48.6 Å². The molecule has 26 heavy (non-hydrogen) atoms. The highest BCUT2D eigenvalue weighted by molar-refractivity contribution is 5.88. The van der Waals surface area contributed by atoms with Gasteiger partial charge in [-0.05, 0) is 12.1 Å². The van der Waals surface area contributed by atoms with Gasteiger partial charge in [0.2, 0.25) is 11.8 Å². The molecule has 0 saturated carbocycles. The predicted octanol–water partition coefficient (Wildman–Crippen LogP) is 1.94. The van der Waals surface area contributed by atoms with E-state index in [1.807, 2.05) is 30.3 Å². The van der Waals surface area contributed by atoms with Crippen LogP contribution in [-0.4, -0.2) is 46.3 Å². The smallest absolute Gasteiger partial charge is 0.319 e. The molecule has 2 N–H and O–H groups in total. The van der Waals surface area contributed by atoms with Crippen molar-refractivity contribution in [3.63, 3.8) is 0 Å². The summed E-state index contributed by atoms with van der Waals surface area (Å²) in [6.07, 6.45) is 3.77. The van der Waals surface area contributed by atoms with E-state index in [1.165, 1.54) is 0 Å². The zero-order valence-corrected chi connectivity index (χ0v) is 14.4. The van der Waals surface area contributed by atoms with Gasteiger partial charge in [0.25, 0.3) is 0 Å². The minimum absolute atomic E-state index is 0.320. The second-order valence-corrected chi connectivity index (χ2v) is 5.48.